The number of fused-ring (bicyclic) bond motifs is 7. The summed E-state index contributed by atoms with van der Waals surface area (Å²) in [5.41, 5.74) is 12.3. The van der Waals surface area contributed by atoms with Gasteiger partial charge in [0, 0.05) is 18.4 Å². The van der Waals surface area contributed by atoms with Crippen LogP contribution in [0, 0.1) is 32.6 Å². The fourth-order valence-electron chi connectivity index (χ4n) is 6.86. The number of hydrogen-bond acceptors (Lipinski definition) is 3. The van der Waals surface area contributed by atoms with Crippen molar-refractivity contribution in [3.63, 3.8) is 0 Å². The number of allylic oxidation sites excluding steroid dienone is 3. The van der Waals surface area contributed by atoms with Crippen molar-refractivity contribution in [1.29, 1.82) is 0 Å². The van der Waals surface area contributed by atoms with E-state index in [4.69, 9.17) is 25.0 Å². The van der Waals surface area contributed by atoms with Crippen molar-refractivity contribution in [2.75, 3.05) is 7.11 Å². The Morgan fingerprint density at radius 3 is 2.29 bits per heavy atom. The Bertz CT molecular complexity index is 1800. The van der Waals surface area contributed by atoms with Crippen LogP contribution in [0.3, 0.4) is 0 Å². The van der Waals surface area contributed by atoms with Crippen LogP contribution >= 0.6 is 0 Å². The number of carbonyl (C=O) groups excluding carboxylic acids is 2. The molecule has 1 fully saturated rings. The standard InChI is InChI=1S/C34H37N4O3.Fe/c1-8-20-16(3)24-13-26-18(5)22(10-11-31(40)41-7)33(37-26)23-12-30(39)32-19(6)27(38-34(23)32)15-29-21(9-2)17(4)25(36-29)14-28(20)35-24;/h13-15,18,22H,8-12H2,1-7H3,(H-,37,38,39);/q-3;+4/p-1/b25-14-,26-13-,29-15-;/t18-,22-;/m0./s1. The molecule has 0 unspecified atom stereocenters. The summed E-state index contributed by atoms with van der Waals surface area (Å²) >= 11 is 0. The number of Topliss-reactive ketones (excluding diaryl/α,β-unsaturated/α-hetero) is 1. The van der Waals surface area contributed by atoms with Crippen LogP contribution < -0.4 is 25.7 Å². The Morgan fingerprint density at radius 1 is 0.905 bits per heavy atom. The monoisotopic (exact) mass is 604 g/mol. The first kappa shape index (κ1) is 30.0. The summed E-state index contributed by atoms with van der Waals surface area (Å²) < 4.78 is 4.96. The van der Waals surface area contributed by atoms with Crippen LogP contribution in [0.1, 0.15) is 101 Å². The van der Waals surface area contributed by atoms with Crippen molar-refractivity contribution in [3.05, 3.63) is 83.6 Å². The Hall–Kier alpha value is -3.48. The number of rotatable bonds is 5. The topological polar surface area (TPSA) is 99.8 Å². The summed E-state index contributed by atoms with van der Waals surface area (Å²) in [6.07, 6.45) is 9.08. The Balaban J connectivity index is 0.00000353. The molecule has 1 aliphatic carbocycles. The number of esters is 1. The number of carbonyl (C=O) groups is 2. The van der Waals surface area contributed by atoms with Crippen LogP contribution in [0.5, 0.6) is 0 Å². The minimum atomic E-state index is -0.246. The third-order valence-electron chi connectivity index (χ3n) is 9.31. The van der Waals surface area contributed by atoms with Gasteiger partial charge in [-0.2, -0.15) is 11.4 Å². The molecule has 0 spiro atoms. The van der Waals surface area contributed by atoms with E-state index >= 15 is 0 Å². The summed E-state index contributed by atoms with van der Waals surface area (Å²) in [7, 11) is 1.42. The molecule has 8 bridgehead atoms. The zero-order valence-electron chi connectivity index (χ0n) is 25.3. The predicted molar refractivity (Wildman–Crippen MR) is 160 cm³/mol. The van der Waals surface area contributed by atoms with E-state index < -0.39 is 0 Å². The maximum atomic E-state index is 13.4. The van der Waals surface area contributed by atoms with E-state index in [1.807, 2.05) is 13.0 Å². The first-order chi connectivity index (χ1) is 19.7. The number of nitrogens with zero attached hydrogens (tertiary/aromatic N) is 4. The molecule has 2 atom stereocenters. The van der Waals surface area contributed by atoms with Crippen molar-refractivity contribution < 1.29 is 31.4 Å². The second kappa shape index (κ2) is 11.3. The average Bonchev–Trinajstić information content (AvgIpc) is 3.70. The maximum absolute atomic E-state index is 13.4. The molecule has 0 saturated carbocycles. The van der Waals surface area contributed by atoms with Crippen LogP contribution in [0.15, 0.2) is 11.4 Å². The van der Waals surface area contributed by atoms with Crippen LogP contribution in [-0.4, -0.2) is 18.9 Å². The molecule has 5 heterocycles. The molecule has 6 rings (SSSR count). The zero-order chi connectivity index (χ0) is 29.2. The van der Waals surface area contributed by atoms with E-state index in [0.29, 0.717) is 12.0 Å². The van der Waals surface area contributed by atoms with Crippen molar-refractivity contribution in [2.45, 2.75) is 73.6 Å². The van der Waals surface area contributed by atoms with Gasteiger partial charge in [0.05, 0.1) is 7.11 Å². The maximum Gasteiger partial charge on any atom is 4.00 e. The smallest absolute Gasteiger partial charge is 0.664 e. The van der Waals surface area contributed by atoms with Gasteiger partial charge in [-0.05, 0) is 51.9 Å². The van der Waals surface area contributed by atoms with Gasteiger partial charge in [-0.25, -0.2) is 0 Å². The molecular weight excluding hydrogens is 568 g/mol. The first-order valence-electron chi connectivity index (χ1n) is 14.6. The van der Waals surface area contributed by atoms with Crippen molar-refractivity contribution in [2.24, 2.45) is 11.8 Å². The molecule has 3 aromatic rings. The van der Waals surface area contributed by atoms with Gasteiger partial charge in [0.15, 0.2) is 5.78 Å². The number of methoxy groups -OCH3 is 1. The quantitative estimate of drug-likeness (QED) is 0.314. The fraction of sp³-hybridized carbons (Fsp3) is 0.412. The fourth-order valence-corrected chi connectivity index (χ4v) is 6.86. The molecule has 8 heteroatoms. The molecule has 1 saturated heterocycles. The summed E-state index contributed by atoms with van der Waals surface area (Å²) in [4.78, 5) is 40.8. The van der Waals surface area contributed by atoms with Gasteiger partial charge >= 0.3 is 23.0 Å². The molecule has 42 heavy (non-hydrogen) atoms. The molecule has 0 aromatic carbocycles. The van der Waals surface area contributed by atoms with Gasteiger partial charge in [0.25, 0.3) is 0 Å². The second-order valence-corrected chi connectivity index (χ2v) is 11.5. The molecule has 218 valence electrons. The number of aromatic nitrogens is 3. The minimum Gasteiger partial charge on any atom is -0.664 e. The Kier molecular flexibility index (Phi) is 8.08. The SMILES string of the molecule is CCc1c2[n-]c(c1C)/C=C1\[N-]/C(=C3/CC(=O)c4c3[n-]c(c4C)/C=c3\[n-]/c(c(C)c3CC)=C\2)[C@@H](CCC(=O)OC)[C@@H]1C.[Fe+4]. The second-order valence-electron chi connectivity index (χ2n) is 11.5. The molecule has 0 amide bonds. The molecule has 3 aromatic heterocycles. The largest absolute Gasteiger partial charge is 4.00 e. The molecular formula is C34H36FeN4O3. The summed E-state index contributed by atoms with van der Waals surface area (Å²) in [6, 6.07) is 0. The van der Waals surface area contributed by atoms with Crippen LogP contribution in [0.2, 0.25) is 0 Å². The van der Waals surface area contributed by atoms with Gasteiger partial charge in [0.1, 0.15) is 0 Å². The average molecular weight is 605 g/mol. The number of ketones is 1. The summed E-state index contributed by atoms with van der Waals surface area (Å²) in [6.45, 7) is 12.7. The van der Waals surface area contributed by atoms with Crippen LogP contribution in [-0.2, 0) is 39.4 Å². The normalized spacial score (nSPS) is 23.3. The van der Waals surface area contributed by atoms with Crippen molar-refractivity contribution in [3.8, 4) is 0 Å². The van der Waals surface area contributed by atoms with E-state index in [2.05, 4.69) is 46.8 Å². The third kappa shape index (κ3) is 4.65. The van der Waals surface area contributed by atoms with Gasteiger partial charge in [0.2, 0.25) is 0 Å². The molecule has 2 aliphatic heterocycles. The van der Waals surface area contributed by atoms with Gasteiger partial charge < -0.3 is 25.0 Å². The molecule has 0 radical (unpaired) electrons. The molecule has 3 aliphatic rings. The van der Waals surface area contributed by atoms with Crippen molar-refractivity contribution in [1.82, 2.24) is 15.0 Å². The number of ether oxygens (including phenoxy) is 1. The van der Waals surface area contributed by atoms with E-state index in [1.54, 1.807) is 0 Å². The van der Waals surface area contributed by atoms with E-state index in [0.717, 1.165) is 80.0 Å². The van der Waals surface area contributed by atoms with Gasteiger partial charge in [-0.3, -0.25) is 9.59 Å². The summed E-state index contributed by atoms with van der Waals surface area (Å²) in [5, 5.41) is 6.99. The van der Waals surface area contributed by atoms with E-state index in [1.165, 1.54) is 18.2 Å². The van der Waals surface area contributed by atoms with E-state index in [9.17, 15) is 9.59 Å². The first-order valence-corrected chi connectivity index (χ1v) is 14.6. The van der Waals surface area contributed by atoms with Crippen molar-refractivity contribution >= 4 is 35.6 Å². The van der Waals surface area contributed by atoms with Gasteiger partial charge in [-0.15, -0.1) is 33.5 Å². The summed E-state index contributed by atoms with van der Waals surface area (Å²) in [5.74, 6) is -0.165. The van der Waals surface area contributed by atoms with E-state index in [-0.39, 0.29) is 53.5 Å². The molecule has 0 N–H and O–H groups in total. The Labute approximate surface area is 257 Å². The third-order valence-corrected chi connectivity index (χ3v) is 9.31. The minimum absolute atomic E-state index is 0. The van der Waals surface area contributed by atoms with Crippen LogP contribution in [0.4, 0.5) is 0 Å². The number of hydrogen-bond donors (Lipinski definition) is 0. The molecule has 7 nitrogen and oxygen atoms in total. The zero-order valence-corrected chi connectivity index (χ0v) is 26.4. The van der Waals surface area contributed by atoms with Gasteiger partial charge in [-0.1, -0.05) is 72.4 Å². The Morgan fingerprint density at radius 2 is 1.60 bits per heavy atom. The predicted octanol–water partition coefficient (Wildman–Crippen LogP) is 4.51. The van der Waals surface area contributed by atoms with Crippen LogP contribution in [0.25, 0.3) is 29.1 Å².